The first-order chi connectivity index (χ1) is 8.72. The second-order valence-electron chi connectivity index (χ2n) is 4.78. The Balaban J connectivity index is 2.36. The third-order valence-electron chi connectivity index (χ3n) is 3.20. The van der Waals surface area contributed by atoms with Crippen molar-refractivity contribution in [2.75, 3.05) is 6.54 Å². The molecule has 1 unspecified atom stereocenters. The lowest BCUT2D eigenvalue weighted by Gasteiger charge is -2.20. The molecule has 3 nitrogen and oxygen atoms in total. The molecule has 18 heavy (non-hydrogen) atoms. The van der Waals surface area contributed by atoms with Gasteiger partial charge in [-0.1, -0.05) is 30.7 Å². The van der Waals surface area contributed by atoms with Gasteiger partial charge in [0.1, 0.15) is 0 Å². The molecule has 1 atom stereocenters. The van der Waals surface area contributed by atoms with Gasteiger partial charge < -0.3 is 5.32 Å². The van der Waals surface area contributed by atoms with E-state index in [1.807, 2.05) is 12.4 Å². The van der Waals surface area contributed by atoms with Crippen LogP contribution >= 0.6 is 0 Å². The first-order valence-corrected chi connectivity index (χ1v) is 6.51. The molecule has 0 amide bonds. The van der Waals surface area contributed by atoms with Crippen molar-refractivity contribution < 1.29 is 0 Å². The molecule has 3 heteroatoms. The molecule has 1 heterocycles. The summed E-state index contributed by atoms with van der Waals surface area (Å²) in [6.07, 6.45) is 4.99. The van der Waals surface area contributed by atoms with Crippen molar-refractivity contribution >= 4 is 0 Å². The third-order valence-corrected chi connectivity index (χ3v) is 3.20. The highest BCUT2D eigenvalue weighted by Gasteiger charge is 2.16. The molecule has 2 aromatic rings. The standard InChI is InChI=1S/C15H21N3/c1-4-7-16-15(13-9-17-18-10-13)14-8-11(2)5-6-12(14)3/h5-6,8-10,15-16H,4,7H2,1-3H3,(H,17,18). The fraction of sp³-hybridized carbons (Fsp3) is 0.400. The summed E-state index contributed by atoms with van der Waals surface area (Å²) in [5.74, 6) is 0. The largest absolute Gasteiger partial charge is 0.306 e. The number of aromatic amines is 1. The Kier molecular flexibility index (Phi) is 4.15. The van der Waals surface area contributed by atoms with Gasteiger partial charge in [-0.3, -0.25) is 5.10 Å². The second-order valence-corrected chi connectivity index (χ2v) is 4.78. The lowest BCUT2D eigenvalue weighted by Crippen LogP contribution is -2.23. The topological polar surface area (TPSA) is 40.7 Å². The number of aromatic nitrogens is 2. The van der Waals surface area contributed by atoms with Gasteiger partial charge in [0.15, 0.2) is 0 Å². The van der Waals surface area contributed by atoms with E-state index >= 15 is 0 Å². The van der Waals surface area contributed by atoms with E-state index in [0.29, 0.717) is 0 Å². The van der Waals surface area contributed by atoms with Crippen LogP contribution in [-0.2, 0) is 0 Å². The zero-order valence-electron chi connectivity index (χ0n) is 11.3. The molecule has 0 bridgehead atoms. The Bertz CT molecular complexity index is 488. The Hall–Kier alpha value is -1.61. The van der Waals surface area contributed by atoms with Gasteiger partial charge in [-0.05, 0) is 37.9 Å². The summed E-state index contributed by atoms with van der Waals surface area (Å²) in [6, 6.07) is 6.83. The van der Waals surface area contributed by atoms with E-state index in [9.17, 15) is 0 Å². The van der Waals surface area contributed by atoms with Crippen molar-refractivity contribution in [3.63, 3.8) is 0 Å². The maximum atomic E-state index is 4.06. The summed E-state index contributed by atoms with van der Waals surface area (Å²) < 4.78 is 0. The number of aryl methyl sites for hydroxylation is 2. The maximum Gasteiger partial charge on any atom is 0.0610 e. The van der Waals surface area contributed by atoms with Gasteiger partial charge in [0.05, 0.1) is 12.2 Å². The van der Waals surface area contributed by atoms with Crippen LogP contribution in [0, 0.1) is 13.8 Å². The van der Waals surface area contributed by atoms with Crippen molar-refractivity contribution in [3.8, 4) is 0 Å². The van der Waals surface area contributed by atoms with E-state index < -0.39 is 0 Å². The number of H-pyrrole nitrogens is 1. The van der Waals surface area contributed by atoms with Gasteiger partial charge in [0.2, 0.25) is 0 Å². The average molecular weight is 243 g/mol. The molecule has 0 aliphatic rings. The normalized spacial score (nSPS) is 12.6. The zero-order valence-corrected chi connectivity index (χ0v) is 11.3. The van der Waals surface area contributed by atoms with Crippen LogP contribution in [0.5, 0.6) is 0 Å². The van der Waals surface area contributed by atoms with E-state index in [0.717, 1.165) is 13.0 Å². The lowest BCUT2D eigenvalue weighted by atomic mass is 9.95. The summed E-state index contributed by atoms with van der Waals surface area (Å²) in [4.78, 5) is 0. The van der Waals surface area contributed by atoms with E-state index in [1.54, 1.807) is 0 Å². The second kappa shape index (κ2) is 5.83. The molecule has 2 rings (SSSR count). The van der Waals surface area contributed by atoms with Gasteiger partial charge in [-0.15, -0.1) is 0 Å². The van der Waals surface area contributed by atoms with Gasteiger partial charge in [0.25, 0.3) is 0 Å². The molecular weight excluding hydrogens is 222 g/mol. The first-order valence-electron chi connectivity index (χ1n) is 6.51. The quantitative estimate of drug-likeness (QED) is 0.847. The molecule has 96 valence electrons. The number of rotatable bonds is 5. The number of nitrogens with zero attached hydrogens (tertiary/aromatic N) is 1. The van der Waals surface area contributed by atoms with Gasteiger partial charge in [-0.25, -0.2) is 0 Å². The molecule has 0 radical (unpaired) electrons. The SMILES string of the molecule is CCCNC(c1cn[nH]c1)c1cc(C)ccc1C. The van der Waals surface area contributed by atoms with Crippen molar-refractivity contribution in [2.24, 2.45) is 0 Å². The van der Waals surface area contributed by atoms with Crippen LogP contribution in [0.15, 0.2) is 30.6 Å². The summed E-state index contributed by atoms with van der Waals surface area (Å²) in [6.45, 7) is 7.48. The first kappa shape index (κ1) is 12.8. The fourth-order valence-corrected chi connectivity index (χ4v) is 2.19. The molecule has 0 saturated heterocycles. The molecule has 1 aromatic carbocycles. The average Bonchev–Trinajstić information content (AvgIpc) is 2.88. The Labute approximate surface area is 109 Å². The summed E-state index contributed by atoms with van der Waals surface area (Å²) in [7, 11) is 0. The van der Waals surface area contributed by atoms with Crippen molar-refractivity contribution in [3.05, 3.63) is 52.8 Å². The highest BCUT2D eigenvalue weighted by atomic mass is 15.1. The summed E-state index contributed by atoms with van der Waals surface area (Å²) >= 11 is 0. The fourth-order valence-electron chi connectivity index (χ4n) is 2.19. The van der Waals surface area contributed by atoms with Crippen LogP contribution in [0.3, 0.4) is 0 Å². The zero-order chi connectivity index (χ0) is 13.0. The highest BCUT2D eigenvalue weighted by Crippen LogP contribution is 2.25. The molecular formula is C15H21N3. The van der Waals surface area contributed by atoms with Gasteiger partial charge >= 0.3 is 0 Å². The number of benzene rings is 1. The molecule has 2 N–H and O–H groups in total. The molecule has 0 spiro atoms. The smallest absolute Gasteiger partial charge is 0.0610 e. The van der Waals surface area contributed by atoms with E-state index in [4.69, 9.17) is 0 Å². The Morgan fingerprint density at radius 2 is 2.17 bits per heavy atom. The molecule has 1 aromatic heterocycles. The van der Waals surface area contributed by atoms with E-state index in [-0.39, 0.29) is 6.04 Å². The van der Waals surface area contributed by atoms with E-state index in [2.05, 4.69) is 54.5 Å². The molecule has 0 aliphatic carbocycles. The number of hydrogen-bond donors (Lipinski definition) is 2. The van der Waals surface area contributed by atoms with Crippen LogP contribution in [0.2, 0.25) is 0 Å². The van der Waals surface area contributed by atoms with Crippen LogP contribution in [0.4, 0.5) is 0 Å². The van der Waals surface area contributed by atoms with Crippen LogP contribution in [-0.4, -0.2) is 16.7 Å². The van der Waals surface area contributed by atoms with Crippen molar-refractivity contribution in [1.82, 2.24) is 15.5 Å². The van der Waals surface area contributed by atoms with Crippen LogP contribution in [0.25, 0.3) is 0 Å². The van der Waals surface area contributed by atoms with Crippen molar-refractivity contribution in [2.45, 2.75) is 33.2 Å². The van der Waals surface area contributed by atoms with E-state index in [1.165, 1.54) is 22.3 Å². The maximum absolute atomic E-state index is 4.06. The third kappa shape index (κ3) is 2.79. The van der Waals surface area contributed by atoms with Crippen LogP contribution in [0.1, 0.15) is 41.6 Å². The summed E-state index contributed by atoms with van der Waals surface area (Å²) in [5, 5.41) is 10.6. The minimum Gasteiger partial charge on any atom is -0.306 e. The van der Waals surface area contributed by atoms with Crippen LogP contribution < -0.4 is 5.32 Å². The van der Waals surface area contributed by atoms with Gasteiger partial charge in [-0.2, -0.15) is 5.10 Å². The summed E-state index contributed by atoms with van der Waals surface area (Å²) in [5.41, 5.74) is 5.14. The highest BCUT2D eigenvalue weighted by molar-refractivity contribution is 5.37. The Morgan fingerprint density at radius 3 is 2.83 bits per heavy atom. The monoisotopic (exact) mass is 243 g/mol. The predicted octanol–water partition coefficient (Wildman–Crippen LogP) is 3.12. The predicted molar refractivity (Wildman–Crippen MR) is 74.6 cm³/mol. The minimum absolute atomic E-state index is 0.226. The minimum atomic E-state index is 0.226. The number of nitrogens with one attached hydrogen (secondary N) is 2. The van der Waals surface area contributed by atoms with Gasteiger partial charge in [0, 0.05) is 11.8 Å². The number of hydrogen-bond acceptors (Lipinski definition) is 2. The molecule has 0 saturated carbocycles. The molecule has 0 aliphatic heterocycles. The van der Waals surface area contributed by atoms with Crippen molar-refractivity contribution in [1.29, 1.82) is 0 Å². The lowest BCUT2D eigenvalue weighted by molar-refractivity contribution is 0.596. The Morgan fingerprint density at radius 1 is 1.33 bits per heavy atom. The molecule has 0 fully saturated rings.